The van der Waals surface area contributed by atoms with E-state index < -0.39 is 21.5 Å². The number of hydrogen-bond acceptors (Lipinski definition) is 6. The molecule has 0 aliphatic carbocycles. The molecular weight excluding hydrogens is 356 g/mol. The predicted octanol–water partition coefficient (Wildman–Crippen LogP) is 1.31. The van der Waals surface area contributed by atoms with Crippen molar-refractivity contribution in [1.29, 1.82) is 0 Å². The number of sulfonamides is 1. The first-order chi connectivity index (χ1) is 8.63. The van der Waals surface area contributed by atoms with Crippen molar-refractivity contribution in [2.45, 2.75) is 24.3 Å². The maximum Gasteiger partial charge on any atom is 0.348 e. The van der Waals surface area contributed by atoms with Crippen LogP contribution >= 0.6 is 27.3 Å². The fourth-order valence-corrected chi connectivity index (χ4v) is 5.10. The zero-order chi connectivity index (χ0) is 14.8. The summed E-state index contributed by atoms with van der Waals surface area (Å²) in [4.78, 5) is 11.6. The van der Waals surface area contributed by atoms with Crippen molar-refractivity contribution in [3.63, 3.8) is 0 Å². The van der Waals surface area contributed by atoms with Crippen molar-refractivity contribution >= 4 is 43.3 Å². The number of esters is 1. The molecular formula is C10H15BrN2O4S2. The number of ether oxygens (including phenoxy) is 1. The van der Waals surface area contributed by atoms with Crippen molar-refractivity contribution in [2.24, 2.45) is 5.73 Å². The highest BCUT2D eigenvalue weighted by atomic mass is 79.9. The fraction of sp³-hybridized carbons (Fsp3) is 0.500. The Balaban J connectivity index is 3.16. The molecule has 0 radical (unpaired) electrons. The van der Waals surface area contributed by atoms with Gasteiger partial charge in [-0.2, -0.15) is 0 Å². The highest BCUT2D eigenvalue weighted by Crippen LogP contribution is 2.32. The molecule has 0 aliphatic heterocycles. The van der Waals surface area contributed by atoms with Crippen LogP contribution in [0.2, 0.25) is 0 Å². The van der Waals surface area contributed by atoms with E-state index in [1.807, 2.05) is 0 Å². The third-order valence-electron chi connectivity index (χ3n) is 2.25. The summed E-state index contributed by atoms with van der Waals surface area (Å²) in [6.45, 7) is 3.50. The lowest BCUT2D eigenvalue weighted by Gasteiger charge is -2.23. The van der Waals surface area contributed by atoms with Gasteiger partial charge in [0.2, 0.25) is 10.0 Å². The van der Waals surface area contributed by atoms with Crippen LogP contribution in [0.15, 0.2) is 14.7 Å². The molecule has 0 bridgehead atoms. The molecule has 0 spiro atoms. The van der Waals surface area contributed by atoms with E-state index in [2.05, 4.69) is 25.4 Å². The lowest BCUT2D eigenvalue weighted by Crippen LogP contribution is -2.48. The van der Waals surface area contributed by atoms with Crippen molar-refractivity contribution in [3.05, 3.63) is 14.7 Å². The molecule has 1 rings (SSSR count). The van der Waals surface area contributed by atoms with Gasteiger partial charge in [0, 0.05) is 12.1 Å². The lowest BCUT2D eigenvalue weighted by atomic mass is 10.1. The molecule has 0 aromatic carbocycles. The second-order valence-electron chi connectivity index (χ2n) is 4.43. The Labute approximate surface area is 124 Å². The van der Waals surface area contributed by atoms with Gasteiger partial charge in [-0.15, -0.1) is 11.3 Å². The Morgan fingerprint density at radius 2 is 2.16 bits per heavy atom. The number of carbonyl (C=O) groups excluding carboxylic acids is 1. The molecule has 3 N–H and O–H groups in total. The van der Waals surface area contributed by atoms with Gasteiger partial charge in [0.05, 0.1) is 10.9 Å². The van der Waals surface area contributed by atoms with Crippen LogP contribution in [0.5, 0.6) is 0 Å². The summed E-state index contributed by atoms with van der Waals surface area (Å²) in [6, 6.07) is 1.27. The van der Waals surface area contributed by atoms with Gasteiger partial charge in [0.1, 0.15) is 9.77 Å². The van der Waals surface area contributed by atoms with E-state index in [9.17, 15) is 13.2 Å². The molecule has 0 atom stereocenters. The number of rotatable bonds is 5. The molecule has 19 heavy (non-hydrogen) atoms. The Morgan fingerprint density at radius 1 is 1.58 bits per heavy atom. The molecule has 0 saturated heterocycles. The Morgan fingerprint density at radius 3 is 2.63 bits per heavy atom. The standard InChI is InChI=1S/C10H15BrN2O4S2/c1-10(2,5-12)13-19(15,16)7-4-6(9(14)17-3)18-8(7)11/h4,13H,5,12H2,1-3H3. The Hall–Kier alpha value is -0.480. The van der Waals surface area contributed by atoms with E-state index in [1.54, 1.807) is 13.8 Å². The molecule has 1 aromatic rings. The number of hydrogen-bond donors (Lipinski definition) is 2. The molecule has 0 amide bonds. The minimum Gasteiger partial charge on any atom is -0.465 e. The highest BCUT2D eigenvalue weighted by Gasteiger charge is 2.29. The summed E-state index contributed by atoms with van der Waals surface area (Å²) in [5.74, 6) is -0.578. The number of carbonyl (C=O) groups is 1. The molecule has 0 fully saturated rings. The minimum atomic E-state index is -3.76. The summed E-state index contributed by atoms with van der Waals surface area (Å²) < 4.78 is 31.8. The average Bonchev–Trinajstić information content (AvgIpc) is 2.70. The smallest absolute Gasteiger partial charge is 0.348 e. The second-order valence-corrected chi connectivity index (χ2v) is 8.45. The van der Waals surface area contributed by atoms with E-state index in [0.29, 0.717) is 3.79 Å². The number of nitrogens with one attached hydrogen (secondary N) is 1. The van der Waals surface area contributed by atoms with Crippen molar-refractivity contribution < 1.29 is 17.9 Å². The van der Waals surface area contributed by atoms with Crippen LogP contribution in [0.3, 0.4) is 0 Å². The molecule has 108 valence electrons. The maximum absolute atomic E-state index is 12.2. The third kappa shape index (κ3) is 3.99. The average molecular weight is 371 g/mol. The topological polar surface area (TPSA) is 98.5 Å². The third-order valence-corrected chi connectivity index (χ3v) is 6.18. The fourth-order valence-electron chi connectivity index (χ4n) is 1.20. The van der Waals surface area contributed by atoms with Crippen LogP contribution in [0, 0.1) is 0 Å². The zero-order valence-electron chi connectivity index (χ0n) is 10.7. The van der Waals surface area contributed by atoms with Crippen molar-refractivity contribution in [1.82, 2.24) is 4.72 Å². The van der Waals surface area contributed by atoms with E-state index in [1.165, 1.54) is 13.2 Å². The Kier molecular flexibility index (Phi) is 5.13. The largest absolute Gasteiger partial charge is 0.465 e. The first-order valence-corrected chi connectivity index (χ1v) is 8.34. The van der Waals surface area contributed by atoms with Gasteiger partial charge in [-0.3, -0.25) is 0 Å². The summed E-state index contributed by atoms with van der Waals surface area (Å²) in [5, 5.41) is 0. The molecule has 1 heterocycles. The molecule has 0 unspecified atom stereocenters. The zero-order valence-corrected chi connectivity index (χ0v) is 13.9. The number of methoxy groups -OCH3 is 1. The van der Waals surface area contributed by atoms with Gasteiger partial charge in [-0.05, 0) is 35.8 Å². The summed E-state index contributed by atoms with van der Waals surface area (Å²) in [7, 11) is -2.52. The van der Waals surface area contributed by atoms with Crippen LogP contribution < -0.4 is 10.5 Å². The summed E-state index contributed by atoms with van der Waals surface area (Å²) in [6.07, 6.45) is 0. The summed E-state index contributed by atoms with van der Waals surface area (Å²) >= 11 is 4.14. The van der Waals surface area contributed by atoms with Crippen LogP contribution in [0.25, 0.3) is 0 Å². The van der Waals surface area contributed by atoms with Crippen LogP contribution in [-0.2, 0) is 14.8 Å². The summed E-state index contributed by atoms with van der Waals surface area (Å²) in [5.41, 5.74) is 4.72. The van der Waals surface area contributed by atoms with Crippen LogP contribution in [0.4, 0.5) is 0 Å². The molecule has 9 heteroatoms. The first-order valence-electron chi connectivity index (χ1n) is 5.24. The van der Waals surface area contributed by atoms with E-state index in [0.717, 1.165) is 11.3 Å². The molecule has 0 saturated carbocycles. The lowest BCUT2D eigenvalue weighted by molar-refractivity contribution is 0.0606. The first kappa shape index (κ1) is 16.6. The van der Waals surface area contributed by atoms with E-state index in [-0.39, 0.29) is 16.3 Å². The normalized spacial score (nSPS) is 12.5. The highest BCUT2D eigenvalue weighted by molar-refractivity contribution is 9.11. The number of nitrogens with two attached hydrogens (primary N) is 1. The van der Waals surface area contributed by atoms with Gasteiger partial charge in [0.25, 0.3) is 0 Å². The van der Waals surface area contributed by atoms with E-state index in [4.69, 9.17) is 5.73 Å². The van der Waals surface area contributed by atoms with Crippen molar-refractivity contribution in [3.8, 4) is 0 Å². The van der Waals surface area contributed by atoms with Gasteiger partial charge >= 0.3 is 5.97 Å². The molecule has 6 nitrogen and oxygen atoms in total. The molecule has 1 aromatic heterocycles. The quantitative estimate of drug-likeness (QED) is 0.761. The van der Waals surface area contributed by atoms with Crippen LogP contribution in [0.1, 0.15) is 23.5 Å². The minimum absolute atomic E-state index is 0.000532. The van der Waals surface area contributed by atoms with Gasteiger partial charge < -0.3 is 10.5 Å². The number of halogens is 1. The van der Waals surface area contributed by atoms with E-state index >= 15 is 0 Å². The monoisotopic (exact) mass is 370 g/mol. The Bertz CT molecular complexity index is 580. The maximum atomic E-state index is 12.2. The van der Waals surface area contributed by atoms with Crippen molar-refractivity contribution in [2.75, 3.05) is 13.7 Å². The predicted molar refractivity (Wildman–Crippen MR) is 76.8 cm³/mol. The van der Waals surface area contributed by atoms with Gasteiger partial charge in [-0.1, -0.05) is 0 Å². The second kappa shape index (κ2) is 5.88. The SMILES string of the molecule is COC(=O)c1cc(S(=O)(=O)NC(C)(C)CN)c(Br)s1. The van der Waals surface area contributed by atoms with Crippen LogP contribution in [-0.4, -0.2) is 33.6 Å². The number of thiophene rings is 1. The van der Waals surface area contributed by atoms with Gasteiger partial charge in [0.15, 0.2) is 0 Å². The van der Waals surface area contributed by atoms with Gasteiger partial charge in [-0.25, -0.2) is 17.9 Å². The molecule has 0 aliphatic rings.